The summed E-state index contributed by atoms with van der Waals surface area (Å²) >= 11 is 12.0. The standard InChI is InChI=1S/C15H16Cl2O/c1-10-5-7-11(8-6-10)14(18)9-12-3-2-4-13(16)15(12)17/h2-4,7,10H,5-6,8-9H2,1H3. The molecular formula is C15H16Cl2O. The zero-order valence-electron chi connectivity index (χ0n) is 10.4. The highest BCUT2D eigenvalue weighted by Gasteiger charge is 2.17. The van der Waals surface area contributed by atoms with E-state index in [1.165, 1.54) is 0 Å². The van der Waals surface area contributed by atoms with Crippen LogP contribution in [0.2, 0.25) is 10.0 Å². The largest absolute Gasteiger partial charge is 0.294 e. The third-order valence-corrected chi connectivity index (χ3v) is 4.27. The van der Waals surface area contributed by atoms with E-state index in [4.69, 9.17) is 23.2 Å². The van der Waals surface area contributed by atoms with Crippen LogP contribution in [0.25, 0.3) is 0 Å². The van der Waals surface area contributed by atoms with E-state index in [-0.39, 0.29) is 5.78 Å². The maximum absolute atomic E-state index is 12.2. The predicted molar refractivity (Wildman–Crippen MR) is 76.3 cm³/mol. The van der Waals surface area contributed by atoms with E-state index >= 15 is 0 Å². The number of Topliss-reactive ketones (excluding diaryl/α,β-unsaturated/α-hetero) is 1. The first kappa shape index (κ1) is 13.6. The second-order valence-electron chi connectivity index (χ2n) is 4.92. The first-order valence-corrected chi connectivity index (χ1v) is 6.98. The van der Waals surface area contributed by atoms with Crippen LogP contribution < -0.4 is 0 Å². The molecule has 0 bridgehead atoms. The maximum Gasteiger partial charge on any atom is 0.162 e. The predicted octanol–water partition coefficient (Wildman–Crippen LogP) is 4.85. The molecule has 0 saturated heterocycles. The highest BCUT2D eigenvalue weighted by molar-refractivity contribution is 6.42. The number of rotatable bonds is 3. The van der Waals surface area contributed by atoms with Crippen LogP contribution >= 0.6 is 23.2 Å². The van der Waals surface area contributed by atoms with Gasteiger partial charge < -0.3 is 0 Å². The molecule has 0 aromatic heterocycles. The second kappa shape index (κ2) is 5.90. The van der Waals surface area contributed by atoms with Gasteiger partial charge in [-0.15, -0.1) is 0 Å². The fourth-order valence-corrected chi connectivity index (χ4v) is 2.58. The minimum absolute atomic E-state index is 0.172. The highest BCUT2D eigenvalue weighted by Crippen LogP contribution is 2.28. The Hall–Kier alpha value is -0.790. The number of allylic oxidation sites excluding steroid dienone is 2. The lowest BCUT2D eigenvalue weighted by atomic mass is 9.88. The van der Waals surface area contributed by atoms with E-state index < -0.39 is 0 Å². The maximum atomic E-state index is 12.2. The van der Waals surface area contributed by atoms with E-state index in [1.807, 2.05) is 12.1 Å². The Bertz CT molecular complexity index is 491. The topological polar surface area (TPSA) is 17.1 Å². The molecule has 0 aliphatic heterocycles. The number of benzene rings is 1. The summed E-state index contributed by atoms with van der Waals surface area (Å²) in [6.07, 6.45) is 5.41. The summed E-state index contributed by atoms with van der Waals surface area (Å²) in [5.74, 6) is 0.863. The van der Waals surface area contributed by atoms with Gasteiger partial charge in [-0.25, -0.2) is 0 Å². The van der Waals surface area contributed by atoms with Gasteiger partial charge in [-0.05, 0) is 42.4 Å². The van der Waals surface area contributed by atoms with E-state index in [9.17, 15) is 4.79 Å². The summed E-state index contributed by atoms with van der Waals surface area (Å²) in [6.45, 7) is 2.21. The number of ketones is 1. The zero-order valence-corrected chi connectivity index (χ0v) is 11.9. The third kappa shape index (κ3) is 3.15. The number of carbonyl (C=O) groups excluding carboxylic acids is 1. The van der Waals surface area contributed by atoms with Gasteiger partial charge in [0.1, 0.15) is 0 Å². The van der Waals surface area contributed by atoms with Crippen LogP contribution in [0.1, 0.15) is 31.7 Å². The van der Waals surface area contributed by atoms with Crippen LogP contribution in [0, 0.1) is 5.92 Å². The van der Waals surface area contributed by atoms with Crippen LogP contribution in [0.15, 0.2) is 29.8 Å². The Morgan fingerprint density at radius 1 is 1.39 bits per heavy atom. The Labute approximate surface area is 118 Å². The van der Waals surface area contributed by atoms with Crippen molar-refractivity contribution in [1.29, 1.82) is 0 Å². The highest BCUT2D eigenvalue weighted by atomic mass is 35.5. The fraction of sp³-hybridized carbons (Fsp3) is 0.400. The molecule has 1 aromatic carbocycles. The minimum atomic E-state index is 0.172. The monoisotopic (exact) mass is 282 g/mol. The van der Waals surface area contributed by atoms with E-state index in [2.05, 4.69) is 13.0 Å². The summed E-state index contributed by atoms with van der Waals surface area (Å²) in [5.41, 5.74) is 1.76. The number of hydrogen-bond donors (Lipinski definition) is 0. The van der Waals surface area contributed by atoms with Crippen LogP contribution in [-0.4, -0.2) is 5.78 Å². The Balaban J connectivity index is 2.10. The molecule has 1 aliphatic rings. The van der Waals surface area contributed by atoms with Crippen molar-refractivity contribution in [2.75, 3.05) is 0 Å². The summed E-state index contributed by atoms with van der Waals surface area (Å²) in [5, 5.41) is 1.01. The summed E-state index contributed by atoms with van der Waals surface area (Å²) in [4.78, 5) is 12.2. The normalized spacial score (nSPS) is 19.5. The molecule has 1 nitrogen and oxygen atoms in total. The molecule has 0 amide bonds. The van der Waals surface area contributed by atoms with Gasteiger partial charge in [0.05, 0.1) is 10.0 Å². The zero-order chi connectivity index (χ0) is 13.1. The molecule has 1 atom stereocenters. The molecule has 3 heteroatoms. The van der Waals surface area contributed by atoms with Crippen molar-refractivity contribution in [2.24, 2.45) is 5.92 Å². The summed E-state index contributed by atoms with van der Waals surface area (Å²) in [6, 6.07) is 5.42. The lowest BCUT2D eigenvalue weighted by molar-refractivity contribution is -0.115. The Morgan fingerprint density at radius 2 is 2.17 bits per heavy atom. The minimum Gasteiger partial charge on any atom is -0.294 e. The summed E-state index contributed by atoms with van der Waals surface area (Å²) < 4.78 is 0. The molecule has 1 unspecified atom stereocenters. The second-order valence-corrected chi connectivity index (χ2v) is 5.71. The molecule has 1 aliphatic carbocycles. The van der Waals surface area contributed by atoms with Crippen LogP contribution in [0.5, 0.6) is 0 Å². The van der Waals surface area contributed by atoms with Gasteiger partial charge in [-0.3, -0.25) is 4.79 Å². The van der Waals surface area contributed by atoms with Crippen molar-refractivity contribution < 1.29 is 4.79 Å². The van der Waals surface area contributed by atoms with Crippen molar-refractivity contribution in [3.63, 3.8) is 0 Å². The molecule has 96 valence electrons. The number of halogens is 2. The SMILES string of the molecule is CC1CC=C(C(=O)Cc2cccc(Cl)c2Cl)CC1. The number of carbonyl (C=O) groups is 1. The van der Waals surface area contributed by atoms with E-state index in [0.29, 0.717) is 22.4 Å². The Morgan fingerprint density at radius 3 is 2.83 bits per heavy atom. The average Bonchev–Trinajstić information content (AvgIpc) is 2.36. The van der Waals surface area contributed by atoms with Gasteiger partial charge in [0, 0.05) is 6.42 Å². The smallest absolute Gasteiger partial charge is 0.162 e. The first-order valence-electron chi connectivity index (χ1n) is 6.23. The van der Waals surface area contributed by atoms with Crippen molar-refractivity contribution in [3.8, 4) is 0 Å². The number of hydrogen-bond acceptors (Lipinski definition) is 1. The molecular weight excluding hydrogens is 267 g/mol. The van der Waals surface area contributed by atoms with Gasteiger partial charge in [-0.1, -0.05) is 48.3 Å². The van der Waals surface area contributed by atoms with Gasteiger partial charge in [0.25, 0.3) is 0 Å². The van der Waals surface area contributed by atoms with E-state index in [0.717, 1.165) is 30.4 Å². The molecule has 0 heterocycles. The van der Waals surface area contributed by atoms with Crippen molar-refractivity contribution in [2.45, 2.75) is 32.6 Å². The summed E-state index contributed by atoms with van der Waals surface area (Å²) in [7, 11) is 0. The van der Waals surface area contributed by atoms with Crippen molar-refractivity contribution in [1.82, 2.24) is 0 Å². The first-order chi connectivity index (χ1) is 8.58. The van der Waals surface area contributed by atoms with Crippen molar-refractivity contribution in [3.05, 3.63) is 45.5 Å². The lowest BCUT2D eigenvalue weighted by Crippen LogP contribution is -2.12. The van der Waals surface area contributed by atoms with Crippen molar-refractivity contribution >= 4 is 29.0 Å². The van der Waals surface area contributed by atoms with Gasteiger partial charge in [0.15, 0.2) is 5.78 Å². The molecule has 0 radical (unpaired) electrons. The molecule has 0 spiro atoms. The Kier molecular flexibility index (Phi) is 4.47. The van der Waals surface area contributed by atoms with Crippen LogP contribution in [0.3, 0.4) is 0 Å². The van der Waals surface area contributed by atoms with Gasteiger partial charge in [0.2, 0.25) is 0 Å². The van der Waals surface area contributed by atoms with Crippen LogP contribution in [-0.2, 0) is 11.2 Å². The molecule has 1 aromatic rings. The van der Waals surface area contributed by atoms with Gasteiger partial charge >= 0.3 is 0 Å². The molecule has 0 saturated carbocycles. The lowest BCUT2D eigenvalue weighted by Gasteiger charge is -2.17. The molecule has 0 fully saturated rings. The molecule has 18 heavy (non-hydrogen) atoms. The van der Waals surface area contributed by atoms with Gasteiger partial charge in [-0.2, -0.15) is 0 Å². The molecule has 2 rings (SSSR count). The van der Waals surface area contributed by atoms with E-state index in [1.54, 1.807) is 6.07 Å². The third-order valence-electron chi connectivity index (χ3n) is 3.41. The quantitative estimate of drug-likeness (QED) is 0.774. The molecule has 0 N–H and O–H groups in total. The van der Waals surface area contributed by atoms with Crippen LogP contribution in [0.4, 0.5) is 0 Å². The fourth-order valence-electron chi connectivity index (χ4n) is 2.19. The average molecular weight is 283 g/mol.